The Labute approximate surface area is 133 Å². The van der Waals surface area contributed by atoms with Gasteiger partial charge < -0.3 is 5.32 Å². The Morgan fingerprint density at radius 3 is 2.70 bits per heavy atom. The molecule has 20 heavy (non-hydrogen) atoms. The molecule has 0 atom stereocenters. The van der Waals surface area contributed by atoms with Gasteiger partial charge in [0.15, 0.2) is 0 Å². The molecular weight excluding hydrogens is 332 g/mol. The predicted molar refractivity (Wildman–Crippen MR) is 91.3 cm³/mol. The van der Waals surface area contributed by atoms with E-state index < -0.39 is 0 Å². The van der Waals surface area contributed by atoms with Crippen LogP contribution in [-0.4, -0.2) is 11.0 Å². The minimum atomic E-state index is 0.499. The molecule has 0 radical (unpaired) electrons. The van der Waals surface area contributed by atoms with Gasteiger partial charge in [0.1, 0.15) is 5.01 Å². The molecule has 2 nitrogen and oxygen atoms in total. The van der Waals surface area contributed by atoms with Gasteiger partial charge in [0, 0.05) is 27.5 Å². The molecular formula is C16H21BrN2S. The second-order valence-corrected chi connectivity index (χ2v) is 7.18. The molecule has 0 bridgehead atoms. The molecule has 0 amide bonds. The fourth-order valence-corrected chi connectivity index (χ4v) is 3.42. The molecule has 0 spiro atoms. The van der Waals surface area contributed by atoms with Crippen LogP contribution in [0.3, 0.4) is 0 Å². The zero-order valence-corrected chi connectivity index (χ0v) is 14.9. The van der Waals surface area contributed by atoms with Crippen molar-refractivity contribution in [2.45, 2.75) is 46.7 Å². The number of hydrogen-bond donors (Lipinski definition) is 1. The maximum Gasteiger partial charge on any atom is 0.123 e. The van der Waals surface area contributed by atoms with E-state index in [0.29, 0.717) is 6.04 Å². The maximum absolute atomic E-state index is 4.81. The Bertz CT molecular complexity index is 590. The van der Waals surface area contributed by atoms with Gasteiger partial charge in [-0.3, -0.25) is 0 Å². The average molecular weight is 353 g/mol. The molecule has 0 saturated heterocycles. The average Bonchev–Trinajstić information content (AvgIpc) is 2.82. The third-order valence-corrected chi connectivity index (χ3v) is 5.20. The molecule has 0 aliphatic heterocycles. The fraction of sp³-hybridized carbons (Fsp3) is 0.438. The highest BCUT2D eigenvalue weighted by atomic mass is 79.9. The summed E-state index contributed by atoms with van der Waals surface area (Å²) in [6.07, 6.45) is 0.985. The highest BCUT2D eigenvalue weighted by Gasteiger charge is 2.12. The third kappa shape index (κ3) is 3.68. The highest BCUT2D eigenvalue weighted by Crippen LogP contribution is 2.31. The standard InChI is InChI=1S/C16H21BrN2S/c1-5-14-15(9-18-10(2)3)20-16(19-14)12-7-6-11(4)13(17)8-12/h6-8,10,18H,5,9H2,1-4H3. The first kappa shape index (κ1) is 15.7. The number of aromatic nitrogens is 1. The topological polar surface area (TPSA) is 24.9 Å². The Morgan fingerprint density at radius 2 is 2.10 bits per heavy atom. The van der Waals surface area contributed by atoms with Crippen molar-refractivity contribution in [2.24, 2.45) is 0 Å². The van der Waals surface area contributed by atoms with Crippen LogP contribution in [0.25, 0.3) is 10.6 Å². The second-order valence-electron chi connectivity index (χ2n) is 5.24. The number of hydrogen-bond acceptors (Lipinski definition) is 3. The van der Waals surface area contributed by atoms with E-state index >= 15 is 0 Å². The van der Waals surface area contributed by atoms with Crippen LogP contribution in [0, 0.1) is 6.92 Å². The lowest BCUT2D eigenvalue weighted by Gasteiger charge is -2.06. The van der Waals surface area contributed by atoms with Crippen LogP contribution in [0.15, 0.2) is 22.7 Å². The SMILES string of the molecule is CCc1nc(-c2ccc(C)c(Br)c2)sc1CNC(C)C. The van der Waals surface area contributed by atoms with Gasteiger partial charge in [-0.25, -0.2) is 4.98 Å². The smallest absolute Gasteiger partial charge is 0.123 e. The summed E-state index contributed by atoms with van der Waals surface area (Å²) in [6, 6.07) is 6.95. The summed E-state index contributed by atoms with van der Waals surface area (Å²) in [5.74, 6) is 0. The van der Waals surface area contributed by atoms with Crippen LogP contribution < -0.4 is 5.32 Å². The molecule has 0 saturated carbocycles. The fourth-order valence-electron chi connectivity index (χ4n) is 1.94. The van der Waals surface area contributed by atoms with Crippen LogP contribution in [0.5, 0.6) is 0 Å². The Kier molecular flexibility index (Phi) is 5.35. The zero-order valence-electron chi connectivity index (χ0n) is 12.5. The van der Waals surface area contributed by atoms with Crippen molar-refractivity contribution in [1.29, 1.82) is 0 Å². The molecule has 1 aromatic carbocycles. The molecule has 0 aliphatic rings. The lowest BCUT2D eigenvalue weighted by molar-refractivity contribution is 0.590. The van der Waals surface area contributed by atoms with E-state index in [-0.39, 0.29) is 0 Å². The molecule has 1 aromatic heterocycles. The summed E-state index contributed by atoms with van der Waals surface area (Å²) in [6.45, 7) is 9.52. The van der Waals surface area contributed by atoms with E-state index in [1.54, 1.807) is 11.3 Å². The van der Waals surface area contributed by atoms with Crippen LogP contribution >= 0.6 is 27.3 Å². The molecule has 1 heterocycles. The summed E-state index contributed by atoms with van der Waals surface area (Å²) < 4.78 is 1.14. The number of nitrogens with zero attached hydrogens (tertiary/aromatic N) is 1. The van der Waals surface area contributed by atoms with Crippen molar-refractivity contribution in [2.75, 3.05) is 0 Å². The van der Waals surface area contributed by atoms with Crippen molar-refractivity contribution in [3.05, 3.63) is 38.8 Å². The van der Waals surface area contributed by atoms with Gasteiger partial charge in [0.2, 0.25) is 0 Å². The third-order valence-electron chi connectivity index (χ3n) is 3.20. The molecule has 0 unspecified atom stereocenters. The van der Waals surface area contributed by atoms with Gasteiger partial charge in [-0.1, -0.05) is 48.8 Å². The van der Waals surface area contributed by atoms with Crippen molar-refractivity contribution in [3.63, 3.8) is 0 Å². The lowest BCUT2D eigenvalue weighted by atomic mass is 10.1. The minimum Gasteiger partial charge on any atom is -0.310 e. The molecule has 108 valence electrons. The highest BCUT2D eigenvalue weighted by molar-refractivity contribution is 9.10. The first-order valence-corrected chi connectivity index (χ1v) is 8.60. The molecule has 0 fully saturated rings. The van der Waals surface area contributed by atoms with E-state index in [1.807, 2.05) is 0 Å². The molecule has 4 heteroatoms. The summed E-state index contributed by atoms with van der Waals surface area (Å²) in [5, 5.41) is 4.60. The second kappa shape index (κ2) is 6.83. The van der Waals surface area contributed by atoms with E-state index in [2.05, 4.69) is 67.1 Å². The summed E-state index contributed by atoms with van der Waals surface area (Å²) in [7, 11) is 0. The van der Waals surface area contributed by atoms with Gasteiger partial charge in [-0.05, 0) is 25.0 Å². The normalized spacial score (nSPS) is 11.3. The van der Waals surface area contributed by atoms with Crippen molar-refractivity contribution in [3.8, 4) is 10.6 Å². The number of halogens is 1. The van der Waals surface area contributed by atoms with Crippen molar-refractivity contribution in [1.82, 2.24) is 10.3 Å². The van der Waals surface area contributed by atoms with Crippen LogP contribution in [0.2, 0.25) is 0 Å². The van der Waals surface area contributed by atoms with Crippen molar-refractivity contribution >= 4 is 27.3 Å². The quantitative estimate of drug-likeness (QED) is 0.823. The van der Waals surface area contributed by atoms with E-state index in [0.717, 1.165) is 22.4 Å². The van der Waals surface area contributed by atoms with E-state index in [9.17, 15) is 0 Å². The summed E-state index contributed by atoms with van der Waals surface area (Å²) >= 11 is 5.40. The van der Waals surface area contributed by atoms with Crippen LogP contribution in [0.4, 0.5) is 0 Å². The van der Waals surface area contributed by atoms with Gasteiger partial charge in [0.05, 0.1) is 5.69 Å². The minimum absolute atomic E-state index is 0.499. The number of thiazole rings is 1. The van der Waals surface area contributed by atoms with Gasteiger partial charge in [0.25, 0.3) is 0 Å². The van der Waals surface area contributed by atoms with Crippen LogP contribution in [-0.2, 0) is 13.0 Å². The van der Waals surface area contributed by atoms with E-state index in [1.165, 1.54) is 21.7 Å². The van der Waals surface area contributed by atoms with Gasteiger partial charge in [-0.2, -0.15) is 0 Å². The Morgan fingerprint density at radius 1 is 1.35 bits per heavy atom. The predicted octanol–water partition coefficient (Wildman–Crippen LogP) is 4.94. The molecule has 1 N–H and O–H groups in total. The van der Waals surface area contributed by atoms with Gasteiger partial charge >= 0.3 is 0 Å². The first-order valence-electron chi connectivity index (χ1n) is 6.99. The number of nitrogens with one attached hydrogen (secondary N) is 1. The zero-order chi connectivity index (χ0) is 14.7. The van der Waals surface area contributed by atoms with Gasteiger partial charge in [-0.15, -0.1) is 11.3 Å². The summed E-state index contributed by atoms with van der Waals surface area (Å²) in [4.78, 5) is 6.16. The number of rotatable bonds is 5. The summed E-state index contributed by atoms with van der Waals surface area (Å²) in [5.41, 5.74) is 3.66. The molecule has 0 aliphatic carbocycles. The lowest BCUT2D eigenvalue weighted by Crippen LogP contribution is -2.21. The monoisotopic (exact) mass is 352 g/mol. The maximum atomic E-state index is 4.81. The number of aryl methyl sites for hydroxylation is 2. The largest absolute Gasteiger partial charge is 0.310 e. The number of benzene rings is 1. The van der Waals surface area contributed by atoms with Crippen LogP contribution in [0.1, 0.15) is 36.9 Å². The van der Waals surface area contributed by atoms with Crippen molar-refractivity contribution < 1.29 is 0 Å². The Balaban J connectivity index is 2.30. The molecule has 2 aromatic rings. The van der Waals surface area contributed by atoms with E-state index in [4.69, 9.17) is 4.98 Å². The molecule has 2 rings (SSSR count). The Hall–Kier alpha value is -0.710. The first-order chi connectivity index (χ1) is 9.51.